The Morgan fingerprint density at radius 3 is 2.76 bits per heavy atom. The van der Waals surface area contributed by atoms with E-state index in [-0.39, 0.29) is 44.4 Å². The highest BCUT2D eigenvalue weighted by Gasteiger charge is 2.46. The first kappa shape index (κ1) is 26.5. The van der Waals surface area contributed by atoms with Crippen LogP contribution in [0.15, 0.2) is 42.0 Å². The van der Waals surface area contributed by atoms with Gasteiger partial charge in [-0.1, -0.05) is 26.0 Å². The highest BCUT2D eigenvalue weighted by Crippen LogP contribution is 2.32. The fourth-order valence-electron chi connectivity index (χ4n) is 4.24. The van der Waals surface area contributed by atoms with Crippen LogP contribution in [0.25, 0.3) is 6.08 Å². The van der Waals surface area contributed by atoms with Gasteiger partial charge in [0.2, 0.25) is 12.0 Å². The van der Waals surface area contributed by atoms with Gasteiger partial charge in [0.05, 0.1) is 12.2 Å². The normalized spacial score (nSPS) is 26.2. The fourth-order valence-corrected chi connectivity index (χ4v) is 4.24. The van der Waals surface area contributed by atoms with E-state index in [2.05, 4.69) is 5.32 Å². The summed E-state index contributed by atoms with van der Waals surface area (Å²) in [6.07, 6.45) is 1.56. The molecular weight excluding hydrogens is 486 g/mol. The van der Waals surface area contributed by atoms with Crippen LogP contribution >= 0.6 is 0 Å². The van der Waals surface area contributed by atoms with Crippen LogP contribution in [0.1, 0.15) is 36.2 Å². The Kier molecular flexibility index (Phi) is 8.06. The summed E-state index contributed by atoms with van der Waals surface area (Å²) in [6, 6.07) is 6.42. The Hall–Kier alpha value is -3.54. The number of hydrogen-bond donors (Lipinski definition) is 2. The lowest BCUT2D eigenvalue weighted by Gasteiger charge is -2.30. The number of fused-ring (bicyclic) bond motifs is 1. The molecule has 0 bridgehead atoms. The molecule has 1 aliphatic carbocycles. The van der Waals surface area contributed by atoms with Gasteiger partial charge >= 0.3 is 17.9 Å². The second-order valence-corrected chi connectivity index (χ2v) is 9.57. The van der Waals surface area contributed by atoms with Gasteiger partial charge in [-0.25, -0.2) is 14.4 Å². The Morgan fingerprint density at radius 1 is 1.22 bits per heavy atom. The van der Waals surface area contributed by atoms with E-state index in [1.54, 1.807) is 38.1 Å². The maximum atomic E-state index is 12.9. The predicted octanol–water partition coefficient (Wildman–Crippen LogP) is 0.900. The summed E-state index contributed by atoms with van der Waals surface area (Å²) in [6.45, 7) is 3.62. The van der Waals surface area contributed by atoms with Crippen LogP contribution in [0.4, 0.5) is 0 Å². The zero-order valence-corrected chi connectivity index (χ0v) is 20.5. The third-order valence-corrected chi connectivity index (χ3v) is 6.22. The van der Waals surface area contributed by atoms with E-state index < -0.39 is 47.7 Å². The zero-order chi connectivity index (χ0) is 26.6. The van der Waals surface area contributed by atoms with Crippen molar-refractivity contribution in [2.75, 3.05) is 26.6 Å². The number of cyclic esters (lactones) is 1. The molecule has 3 aliphatic rings. The van der Waals surface area contributed by atoms with E-state index in [1.165, 1.54) is 18.2 Å². The molecule has 2 N–H and O–H groups in total. The van der Waals surface area contributed by atoms with E-state index in [4.69, 9.17) is 28.8 Å². The zero-order valence-electron chi connectivity index (χ0n) is 20.5. The van der Waals surface area contributed by atoms with E-state index >= 15 is 0 Å². The summed E-state index contributed by atoms with van der Waals surface area (Å²) in [4.78, 5) is 49.4. The summed E-state index contributed by atoms with van der Waals surface area (Å²) in [7, 11) is 0. The topological polar surface area (TPSA) is 147 Å². The molecule has 1 aromatic carbocycles. The number of nitrogens with one attached hydrogen (secondary N) is 1. The van der Waals surface area contributed by atoms with E-state index in [0.717, 1.165) is 0 Å². The van der Waals surface area contributed by atoms with Crippen LogP contribution in [0.3, 0.4) is 0 Å². The monoisotopic (exact) mass is 515 g/mol. The van der Waals surface area contributed by atoms with Crippen molar-refractivity contribution in [2.24, 2.45) is 5.41 Å². The van der Waals surface area contributed by atoms with Gasteiger partial charge < -0.3 is 34.1 Å². The lowest BCUT2D eigenvalue weighted by Crippen LogP contribution is -2.43. The van der Waals surface area contributed by atoms with Gasteiger partial charge in [-0.05, 0) is 29.8 Å². The van der Waals surface area contributed by atoms with Gasteiger partial charge in [0.1, 0.15) is 31.7 Å². The van der Waals surface area contributed by atoms with Crippen molar-refractivity contribution in [1.29, 1.82) is 0 Å². The number of aliphatic hydroxyl groups excluding tert-OH is 1. The van der Waals surface area contributed by atoms with Crippen LogP contribution in [-0.2, 0) is 38.1 Å². The molecule has 4 atom stereocenters. The van der Waals surface area contributed by atoms with E-state index in [9.17, 15) is 19.2 Å². The molecule has 1 amide bonds. The van der Waals surface area contributed by atoms with Crippen LogP contribution in [0.2, 0.25) is 0 Å². The molecule has 0 radical (unpaired) electrons. The molecule has 2 fully saturated rings. The summed E-state index contributed by atoms with van der Waals surface area (Å²) < 4.78 is 27.0. The number of carbonyl (C=O) groups is 4. The Morgan fingerprint density at radius 2 is 2.03 bits per heavy atom. The SMILES string of the molecule is CC1(C)COC(=O)C1OC(=O)C=Cc1cccc(C(=O)OC2CC(C(=O)NCCO)=CC3OCOC32)c1. The number of rotatable bonds is 8. The average Bonchev–Trinajstić information content (AvgIpc) is 3.46. The van der Waals surface area contributed by atoms with Crippen LogP contribution in [0.5, 0.6) is 0 Å². The molecule has 1 aromatic rings. The molecule has 11 nitrogen and oxygen atoms in total. The summed E-state index contributed by atoms with van der Waals surface area (Å²) >= 11 is 0. The molecule has 198 valence electrons. The minimum Gasteiger partial charge on any atom is -0.462 e. The second-order valence-electron chi connectivity index (χ2n) is 9.57. The highest BCUT2D eigenvalue weighted by molar-refractivity contribution is 5.94. The van der Waals surface area contributed by atoms with Gasteiger partial charge in [-0.15, -0.1) is 0 Å². The Labute approximate surface area is 213 Å². The van der Waals surface area contributed by atoms with Gasteiger partial charge in [0.15, 0.2) is 0 Å². The molecule has 0 spiro atoms. The predicted molar refractivity (Wildman–Crippen MR) is 127 cm³/mol. The van der Waals surface area contributed by atoms with Crippen molar-refractivity contribution >= 4 is 29.9 Å². The van der Waals surface area contributed by atoms with Crippen molar-refractivity contribution < 1.29 is 48.0 Å². The number of hydrogen-bond acceptors (Lipinski definition) is 10. The van der Waals surface area contributed by atoms with E-state index in [1.807, 2.05) is 0 Å². The average molecular weight is 516 g/mol. The molecule has 2 heterocycles. The maximum absolute atomic E-state index is 12.9. The first-order valence-electron chi connectivity index (χ1n) is 11.9. The number of benzene rings is 1. The number of esters is 3. The summed E-state index contributed by atoms with van der Waals surface area (Å²) in [5, 5.41) is 11.5. The van der Waals surface area contributed by atoms with Gasteiger partial charge in [0.25, 0.3) is 0 Å². The summed E-state index contributed by atoms with van der Waals surface area (Å²) in [5.41, 5.74) is 0.519. The molecule has 2 aliphatic heterocycles. The number of carbonyl (C=O) groups excluding carboxylic acids is 4. The van der Waals surface area contributed by atoms with Gasteiger partial charge in [-0.3, -0.25) is 4.79 Å². The minimum atomic E-state index is -0.989. The molecule has 4 rings (SSSR count). The maximum Gasteiger partial charge on any atom is 0.348 e. The molecule has 0 saturated carbocycles. The Bertz CT molecular complexity index is 1120. The smallest absolute Gasteiger partial charge is 0.348 e. The van der Waals surface area contributed by atoms with Crippen molar-refractivity contribution in [3.63, 3.8) is 0 Å². The third kappa shape index (κ3) is 6.24. The fraction of sp³-hybridized carbons (Fsp3) is 0.462. The number of amides is 1. The first-order valence-corrected chi connectivity index (χ1v) is 11.9. The molecule has 37 heavy (non-hydrogen) atoms. The highest BCUT2D eigenvalue weighted by atomic mass is 16.7. The van der Waals surface area contributed by atoms with Crippen molar-refractivity contribution in [2.45, 2.75) is 44.7 Å². The Balaban J connectivity index is 1.40. The molecule has 11 heteroatoms. The molecular formula is C26H29NO10. The van der Waals surface area contributed by atoms with E-state index in [0.29, 0.717) is 11.1 Å². The summed E-state index contributed by atoms with van der Waals surface area (Å²) in [5.74, 6) is -2.31. The van der Waals surface area contributed by atoms with Gasteiger partial charge in [-0.2, -0.15) is 0 Å². The van der Waals surface area contributed by atoms with Crippen molar-refractivity contribution in [3.8, 4) is 0 Å². The molecule has 0 aromatic heterocycles. The third-order valence-electron chi connectivity index (χ3n) is 6.22. The molecule has 2 saturated heterocycles. The lowest BCUT2D eigenvalue weighted by atomic mass is 9.90. The van der Waals surface area contributed by atoms with Crippen molar-refractivity contribution in [3.05, 3.63) is 53.1 Å². The number of aliphatic hydroxyl groups is 1. The van der Waals surface area contributed by atoms with Crippen molar-refractivity contribution in [1.82, 2.24) is 5.32 Å². The van der Waals surface area contributed by atoms with Crippen LogP contribution in [-0.4, -0.2) is 79.9 Å². The molecule has 4 unspecified atom stereocenters. The first-order chi connectivity index (χ1) is 17.7. The second kappa shape index (κ2) is 11.2. The van der Waals surface area contributed by atoms with Crippen LogP contribution < -0.4 is 5.32 Å². The minimum absolute atomic E-state index is 0.0115. The van der Waals surface area contributed by atoms with Crippen LogP contribution in [0, 0.1) is 5.41 Å². The van der Waals surface area contributed by atoms with Gasteiger partial charge in [0, 0.05) is 30.0 Å². The number of ether oxygens (including phenoxy) is 5. The quantitative estimate of drug-likeness (QED) is 0.291. The lowest BCUT2D eigenvalue weighted by molar-refractivity contribution is -0.159. The standard InChI is InChI=1S/C26H29NO10/c1-26(2)13-33-25(32)22(26)37-20(29)7-6-15-4-3-5-16(10-15)24(31)36-19-12-17(23(30)27-8-9-28)11-18-21(19)35-14-34-18/h3-7,10-11,18-19,21-22,28H,8-9,12-14H2,1-2H3,(H,27,30). The largest absolute Gasteiger partial charge is 0.462 e.